The van der Waals surface area contributed by atoms with E-state index in [0.29, 0.717) is 29.5 Å². The van der Waals surface area contributed by atoms with Crippen molar-refractivity contribution in [3.8, 4) is 5.75 Å². The molecule has 6 heteroatoms. The molecule has 3 aromatic rings. The number of halogens is 1. The number of ether oxygens (including phenoxy) is 1. The number of carbonyl (C=O) groups excluding carboxylic acids is 1. The number of amides is 1. The molecule has 0 saturated carbocycles. The molecule has 1 N–H and O–H groups in total. The van der Waals surface area contributed by atoms with Gasteiger partial charge in [-0.2, -0.15) is 0 Å². The summed E-state index contributed by atoms with van der Waals surface area (Å²) in [6, 6.07) is 13.1. The molecule has 2 aromatic carbocycles. The minimum Gasteiger partial charge on any atom is -0.492 e. The lowest BCUT2D eigenvalue weighted by molar-refractivity contribution is 0.0947. The molecule has 0 radical (unpaired) electrons. The predicted octanol–water partition coefficient (Wildman–Crippen LogP) is 4.01. The van der Waals surface area contributed by atoms with E-state index in [2.05, 4.69) is 14.9 Å². The molecule has 0 saturated heterocycles. The Hall–Kier alpha value is -2.79. The van der Waals surface area contributed by atoms with Crippen molar-refractivity contribution in [3.63, 3.8) is 0 Å². The Balaban J connectivity index is 1.46. The molecule has 0 atom stereocenters. The number of nitrogens with one attached hydrogen (secondary N) is 1. The van der Waals surface area contributed by atoms with Crippen LogP contribution < -0.4 is 10.1 Å². The molecule has 0 bridgehead atoms. The highest BCUT2D eigenvalue weighted by Gasteiger charge is 2.06. The maximum Gasteiger partial charge on any atom is 0.251 e. The Bertz CT molecular complexity index is 919. The zero-order chi connectivity index (χ0) is 19.2. The summed E-state index contributed by atoms with van der Waals surface area (Å²) in [7, 11) is 0. The summed E-state index contributed by atoms with van der Waals surface area (Å²) >= 11 is 6.07. The quantitative estimate of drug-likeness (QED) is 0.627. The molecule has 1 aromatic heterocycles. The highest BCUT2D eigenvalue weighted by atomic mass is 35.5. The summed E-state index contributed by atoms with van der Waals surface area (Å²) in [6.07, 6.45) is 3.72. The first-order valence-corrected chi connectivity index (χ1v) is 9.14. The van der Waals surface area contributed by atoms with Gasteiger partial charge in [0.15, 0.2) is 0 Å². The summed E-state index contributed by atoms with van der Waals surface area (Å²) in [5.41, 5.74) is 2.75. The highest BCUT2D eigenvalue weighted by molar-refractivity contribution is 6.31. The number of aryl methyl sites for hydroxylation is 2. The highest BCUT2D eigenvalue weighted by Crippen LogP contribution is 2.21. The summed E-state index contributed by atoms with van der Waals surface area (Å²) in [4.78, 5) is 16.4. The molecule has 1 heterocycles. The standard InChI is InChI=1S/C21H22ClN3O2/c1-15-3-8-19(13-20(15)22)27-12-10-24-21(26)18-6-4-17(5-7-18)14-25-11-9-23-16(25)2/h3-9,11,13H,10,12,14H2,1-2H3,(H,24,26). The molecule has 5 nitrogen and oxygen atoms in total. The maximum atomic E-state index is 12.2. The number of aromatic nitrogens is 2. The number of nitrogens with zero attached hydrogens (tertiary/aromatic N) is 2. The third-order valence-electron chi connectivity index (χ3n) is 4.29. The average molecular weight is 384 g/mol. The fourth-order valence-electron chi connectivity index (χ4n) is 2.63. The lowest BCUT2D eigenvalue weighted by Gasteiger charge is -2.09. The van der Waals surface area contributed by atoms with Crippen molar-refractivity contribution in [2.24, 2.45) is 0 Å². The van der Waals surface area contributed by atoms with Crippen LogP contribution in [0.1, 0.15) is 27.3 Å². The van der Waals surface area contributed by atoms with E-state index < -0.39 is 0 Å². The van der Waals surface area contributed by atoms with Crippen LogP contribution in [0, 0.1) is 13.8 Å². The van der Waals surface area contributed by atoms with Crippen LogP contribution in [0.2, 0.25) is 5.02 Å². The van der Waals surface area contributed by atoms with E-state index in [1.165, 1.54) is 0 Å². The van der Waals surface area contributed by atoms with Gasteiger partial charge in [-0.3, -0.25) is 4.79 Å². The number of carbonyl (C=O) groups is 1. The lowest BCUT2D eigenvalue weighted by Crippen LogP contribution is -2.28. The summed E-state index contributed by atoms with van der Waals surface area (Å²) in [6.45, 7) is 5.44. The lowest BCUT2D eigenvalue weighted by atomic mass is 10.1. The van der Waals surface area contributed by atoms with Crippen LogP contribution in [-0.4, -0.2) is 28.6 Å². The van der Waals surface area contributed by atoms with E-state index in [-0.39, 0.29) is 5.91 Å². The number of hydrogen-bond acceptors (Lipinski definition) is 3. The molecule has 0 aliphatic carbocycles. The van der Waals surface area contributed by atoms with E-state index in [9.17, 15) is 4.79 Å². The molecule has 3 rings (SSSR count). The minimum absolute atomic E-state index is 0.120. The fraction of sp³-hybridized carbons (Fsp3) is 0.238. The topological polar surface area (TPSA) is 56.1 Å². The van der Waals surface area contributed by atoms with Gasteiger partial charge in [-0.15, -0.1) is 0 Å². The van der Waals surface area contributed by atoms with Crippen LogP contribution in [0.15, 0.2) is 54.9 Å². The van der Waals surface area contributed by atoms with Gasteiger partial charge in [0.2, 0.25) is 0 Å². The Morgan fingerprint density at radius 3 is 2.63 bits per heavy atom. The second-order valence-electron chi connectivity index (χ2n) is 6.31. The zero-order valence-electron chi connectivity index (χ0n) is 15.4. The second-order valence-corrected chi connectivity index (χ2v) is 6.72. The maximum absolute atomic E-state index is 12.2. The third-order valence-corrected chi connectivity index (χ3v) is 4.70. The minimum atomic E-state index is -0.120. The van der Waals surface area contributed by atoms with Gasteiger partial charge in [0.05, 0.1) is 6.54 Å². The van der Waals surface area contributed by atoms with Gasteiger partial charge in [-0.25, -0.2) is 4.98 Å². The first-order chi connectivity index (χ1) is 13.0. The van der Waals surface area contributed by atoms with Crippen LogP contribution in [0.5, 0.6) is 5.75 Å². The fourth-order valence-corrected chi connectivity index (χ4v) is 2.80. The van der Waals surface area contributed by atoms with Crippen molar-refractivity contribution < 1.29 is 9.53 Å². The molecular formula is C21H22ClN3O2. The Kier molecular flexibility index (Phi) is 6.14. The number of imidazole rings is 1. The van der Waals surface area contributed by atoms with Crippen molar-refractivity contribution in [1.29, 1.82) is 0 Å². The monoisotopic (exact) mass is 383 g/mol. The van der Waals surface area contributed by atoms with Crippen LogP contribution in [-0.2, 0) is 6.54 Å². The van der Waals surface area contributed by atoms with Gasteiger partial charge in [0, 0.05) is 29.5 Å². The van der Waals surface area contributed by atoms with Crippen molar-refractivity contribution in [1.82, 2.24) is 14.9 Å². The molecule has 0 fully saturated rings. The summed E-state index contributed by atoms with van der Waals surface area (Å²) in [5.74, 6) is 1.54. The SMILES string of the molecule is Cc1ccc(OCCNC(=O)c2ccc(Cn3ccnc3C)cc2)cc1Cl. The van der Waals surface area contributed by atoms with Crippen LogP contribution >= 0.6 is 11.6 Å². The first-order valence-electron chi connectivity index (χ1n) is 8.77. The van der Waals surface area contributed by atoms with Gasteiger partial charge >= 0.3 is 0 Å². The Morgan fingerprint density at radius 1 is 1.19 bits per heavy atom. The number of hydrogen-bond donors (Lipinski definition) is 1. The predicted molar refractivity (Wildman–Crippen MR) is 107 cm³/mol. The van der Waals surface area contributed by atoms with Crippen molar-refractivity contribution >= 4 is 17.5 Å². The summed E-state index contributed by atoms with van der Waals surface area (Å²) < 4.78 is 7.67. The van der Waals surface area contributed by atoms with Gasteiger partial charge in [0.1, 0.15) is 18.2 Å². The third kappa shape index (κ3) is 5.11. The van der Waals surface area contributed by atoms with Crippen molar-refractivity contribution in [3.05, 3.63) is 82.4 Å². The molecular weight excluding hydrogens is 362 g/mol. The molecule has 0 unspecified atom stereocenters. The largest absolute Gasteiger partial charge is 0.492 e. The van der Waals surface area contributed by atoms with Crippen molar-refractivity contribution in [2.75, 3.05) is 13.2 Å². The van der Waals surface area contributed by atoms with E-state index in [1.54, 1.807) is 12.3 Å². The summed E-state index contributed by atoms with van der Waals surface area (Å²) in [5, 5.41) is 3.53. The van der Waals surface area contributed by atoms with Crippen LogP contribution in [0.3, 0.4) is 0 Å². The van der Waals surface area contributed by atoms with E-state index in [4.69, 9.17) is 16.3 Å². The Labute approximate surface area is 164 Å². The van der Waals surface area contributed by atoms with Crippen LogP contribution in [0.4, 0.5) is 0 Å². The average Bonchev–Trinajstić information content (AvgIpc) is 3.07. The molecule has 140 valence electrons. The van der Waals surface area contributed by atoms with Gasteiger partial charge < -0.3 is 14.6 Å². The van der Waals surface area contributed by atoms with Gasteiger partial charge in [-0.05, 0) is 49.2 Å². The Morgan fingerprint density at radius 2 is 1.96 bits per heavy atom. The van der Waals surface area contributed by atoms with E-state index in [0.717, 1.165) is 23.5 Å². The number of rotatable bonds is 7. The smallest absolute Gasteiger partial charge is 0.251 e. The van der Waals surface area contributed by atoms with Gasteiger partial charge in [-0.1, -0.05) is 29.8 Å². The first kappa shape index (κ1) is 19.0. The molecule has 0 aliphatic rings. The molecule has 0 aliphatic heterocycles. The second kappa shape index (κ2) is 8.73. The zero-order valence-corrected chi connectivity index (χ0v) is 16.2. The molecule has 0 spiro atoms. The molecule has 27 heavy (non-hydrogen) atoms. The van der Waals surface area contributed by atoms with Gasteiger partial charge in [0.25, 0.3) is 5.91 Å². The van der Waals surface area contributed by atoms with E-state index in [1.807, 2.05) is 56.4 Å². The van der Waals surface area contributed by atoms with Crippen molar-refractivity contribution in [2.45, 2.75) is 20.4 Å². The van der Waals surface area contributed by atoms with E-state index >= 15 is 0 Å². The number of benzene rings is 2. The molecule has 1 amide bonds. The van der Waals surface area contributed by atoms with Crippen LogP contribution in [0.25, 0.3) is 0 Å². The normalized spacial score (nSPS) is 10.6.